The second-order valence-electron chi connectivity index (χ2n) is 7.45. The van der Waals surface area contributed by atoms with Crippen molar-refractivity contribution < 1.29 is 18.9 Å². The topological polar surface area (TPSA) is 89.3 Å². The molecule has 1 aliphatic carbocycles. The number of halogens is 2. The van der Waals surface area contributed by atoms with Crippen LogP contribution in [-0.2, 0) is 0 Å². The number of carbonyl (C=O) groups is 3. The summed E-state index contributed by atoms with van der Waals surface area (Å²) in [6.45, 7) is 1.58. The van der Waals surface area contributed by atoms with Crippen molar-refractivity contribution in [2.75, 3.05) is 5.32 Å². The molecule has 3 aromatic carbocycles. The maximum Gasteiger partial charge on any atom is 0.261 e. The lowest BCUT2D eigenvalue weighted by molar-refractivity contribution is 0.0978. The molecular weight excluding hydrogens is 463 g/mol. The van der Waals surface area contributed by atoms with Gasteiger partial charge in [-0.1, -0.05) is 70.8 Å². The van der Waals surface area contributed by atoms with Gasteiger partial charge in [0.2, 0.25) is 0 Å². The van der Waals surface area contributed by atoms with E-state index >= 15 is 0 Å². The van der Waals surface area contributed by atoms with Crippen molar-refractivity contribution in [2.45, 2.75) is 6.92 Å². The Hall–Kier alpha value is -3.74. The molecule has 4 aromatic rings. The molecule has 0 bridgehead atoms. The van der Waals surface area contributed by atoms with E-state index in [0.29, 0.717) is 26.7 Å². The van der Waals surface area contributed by atoms with Crippen LogP contribution >= 0.6 is 23.2 Å². The first-order valence-electron chi connectivity index (χ1n) is 9.92. The van der Waals surface area contributed by atoms with Gasteiger partial charge in [-0.2, -0.15) is 0 Å². The summed E-state index contributed by atoms with van der Waals surface area (Å²) < 4.78 is 5.27. The molecule has 0 unspecified atom stereocenters. The van der Waals surface area contributed by atoms with Gasteiger partial charge in [0.05, 0.1) is 21.3 Å². The third-order valence-corrected chi connectivity index (χ3v) is 6.12. The van der Waals surface area contributed by atoms with Crippen LogP contribution in [0.25, 0.3) is 11.3 Å². The highest BCUT2D eigenvalue weighted by atomic mass is 35.5. The maximum atomic E-state index is 13.3. The highest BCUT2D eigenvalue weighted by molar-refractivity contribution is 6.39. The van der Waals surface area contributed by atoms with E-state index in [9.17, 15) is 14.4 Å². The van der Waals surface area contributed by atoms with Crippen molar-refractivity contribution >= 4 is 46.4 Å². The van der Waals surface area contributed by atoms with E-state index < -0.39 is 5.91 Å². The first-order valence-corrected chi connectivity index (χ1v) is 10.7. The Balaban J connectivity index is 1.59. The number of anilines is 1. The first kappa shape index (κ1) is 21.1. The lowest BCUT2D eigenvalue weighted by Gasteiger charge is -2.20. The Morgan fingerprint density at radius 2 is 1.42 bits per heavy atom. The number of nitrogens with one attached hydrogen (secondary N) is 1. The van der Waals surface area contributed by atoms with Gasteiger partial charge in [-0.25, -0.2) is 0 Å². The van der Waals surface area contributed by atoms with Crippen molar-refractivity contribution in [3.8, 4) is 11.3 Å². The highest BCUT2D eigenvalue weighted by Gasteiger charge is 2.32. The summed E-state index contributed by atoms with van der Waals surface area (Å²) in [5, 5.41) is 7.34. The Bertz CT molecular complexity index is 1470. The van der Waals surface area contributed by atoms with E-state index in [2.05, 4.69) is 10.5 Å². The van der Waals surface area contributed by atoms with Crippen LogP contribution in [0.5, 0.6) is 0 Å². The number of aromatic nitrogens is 1. The molecule has 0 radical (unpaired) electrons. The molecular formula is C25H14Cl2N2O4. The molecule has 0 spiro atoms. The number of aryl methyl sites for hydroxylation is 1. The van der Waals surface area contributed by atoms with Crippen molar-refractivity contribution in [3.63, 3.8) is 0 Å². The lowest BCUT2D eigenvalue weighted by atomic mass is 9.83. The summed E-state index contributed by atoms with van der Waals surface area (Å²) in [4.78, 5) is 39.5. The van der Waals surface area contributed by atoms with Gasteiger partial charge in [-0.05, 0) is 25.1 Å². The summed E-state index contributed by atoms with van der Waals surface area (Å²) in [7, 11) is 0. The molecule has 1 amide bonds. The minimum absolute atomic E-state index is 0.123. The first-order chi connectivity index (χ1) is 15.9. The van der Waals surface area contributed by atoms with E-state index in [1.165, 1.54) is 0 Å². The van der Waals surface area contributed by atoms with Crippen molar-refractivity contribution in [2.24, 2.45) is 0 Å². The molecule has 0 saturated heterocycles. The summed E-state index contributed by atoms with van der Waals surface area (Å²) in [5.74, 6) is -0.947. The zero-order valence-corrected chi connectivity index (χ0v) is 18.6. The number of hydrogen-bond donors (Lipinski definition) is 1. The quantitative estimate of drug-likeness (QED) is 0.345. The largest absolute Gasteiger partial charge is 0.360 e. The number of carbonyl (C=O) groups excluding carboxylic acids is 3. The van der Waals surface area contributed by atoms with Gasteiger partial charge in [0.1, 0.15) is 17.0 Å². The molecule has 1 heterocycles. The number of benzene rings is 3. The van der Waals surface area contributed by atoms with Crippen molar-refractivity contribution in [1.82, 2.24) is 5.16 Å². The molecule has 0 aliphatic heterocycles. The minimum Gasteiger partial charge on any atom is -0.360 e. The van der Waals surface area contributed by atoms with Gasteiger partial charge in [-0.15, -0.1) is 0 Å². The highest BCUT2D eigenvalue weighted by Crippen LogP contribution is 2.38. The number of amides is 1. The number of fused-ring (bicyclic) bond motifs is 2. The average Bonchev–Trinajstić information content (AvgIpc) is 3.18. The molecule has 1 N–H and O–H groups in total. The summed E-state index contributed by atoms with van der Waals surface area (Å²) in [5.41, 5.74) is 1.87. The van der Waals surface area contributed by atoms with Gasteiger partial charge in [-0.3, -0.25) is 14.4 Å². The molecule has 33 heavy (non-hydrogen) atoms. The third-order valence-electron chi connectivity index (χ3n) is 5.49. The van der Waals surface area contributed by atoms with Crippen LogP contribution in [0.1, 0.15) is 48.0 Å². The molecule has 6 nitrogen and oxygen atoms in total. The number of ketones is 2. The Kier molecular flexibility index (Phi) is 5.12. The fraction of sp³-hybridized carbons (Fsp3) is 0.0400. The van der Waals surface area contributed by atoms with Crippen molar-refractivity contribution in [1.29, 1.82) is 0 Å². The maximum absolute atomic E-state index is 13.3. The zero-order valence-electron chi connectivity index (χ0n) is 17.1. The Morgan fingerprint density at radius 1 is 0.818 bits per heavy atom. The number of rotatable bonds is 3. The smallest absolute Gasteiger partial charge is 0.261 e. The van der Waals surface area contributed by atoms with Crippen LogP contribution in [0.2, 0.25) is 10.0 Å². The monoisotopic (exact) mass is 476 g/mol. The predicted octanol–water partition coefficient (Wildman–Crippen LogP) is 5.98. The van der Waals surface area contributed by atoms with E-state index in [1.807, 2.05) is 0 Å². The lowest BCUT2D eigenvalue weighted by Crippen LogP contribution is -2.24. The SMILES string of the molecule is Cc1onc(-c2c(Cl)cccc2Cl)c1C(=O)Nc1cccc2c1C(=O)c1ccccc1C2=O. The molecule has 0 saturated carbocycles. The third kappa shape index (κ3) is 3.35. The molecule has 162 valence electrons. The van der Waals surface area contributed by atoms with E-state index in [1.54, 1.807) is 67.6 Å². The molecule has 1 aliphatic rings. The van der Waals surface area contributed by atoms with Crippen LogP contribution in [-0.4, -0.2) is 22.6 Å². The second-order valence-corrected chi connectivity index (χ2v) is 8.26. The van der Waals surface area contributed by atoms with Gasteiger partial charge in [0.25, 0.3) is 5.91 Å². The number of hydrogen-bond acceptors (Lipinski definition) is 5. The minimum atomic E-state index is -0.577. The fourth-order valence-electron chi connectivity index (χ4n) is 3.97. The molecule has 0 atom stereocenters. The van der Waals surface area contributed by atoms with Crippen LogP contribution in [0.3, 0.4) is 0 Å². The van der Waals surface area contributed by atoms with Gasteiger partial charge in [0.15, 0.2) is 11.6 Å². The Morgan fingerprint density at radius 3 is 2.12 bits per heavy atom. The fourth-order valence-corrected chi connectivity index (χ4v) is 4.54. The predicted molar refractivity (Wildman–Crippen MR) is 124 cm³/mol. The molecule has 0 fully saturated rings. The van der Waals surface area contributed by atoms with Gasteiger partial charge in [0, 0.05) is 22.3 Å². The van der Waals surface area contributed by atoms with E-state index in [4.69, 9.17) is 27.7 Å². The second kappa shape index (κ2) is 7.99. The van der Waals surface area contributed by atoms with Gasteiger partial charge < -0.3 is 9.84 Å². The molecule has 5 rings (SSSR count). The Labute approximate surface area is 198 Å². The van der Waals surface area contributed by atoms with Crippen LogP contribution in [0, 0.1) is 6.92 Å². The van der Waals surface area contributed by atoms with Crippen LogP contribution in [0.15, 0.2) is 65.2 Å². The van der Waals surface area contributed by atoms with Crippen LogP contribution < -0.4 is 5.32 Å². The number of nitrogens with zero attached hydrogens (tertiary/aromatic N) is 1. The zero-order chi connectivity index (χ0) is 23.3. The summed E-state index contributed by atoms with van der Waals surface area (Å²) in [6.07, 6.45) is 0. The van der Waals surface area contributed by atoms with Gasteiger partial charge >= 0.3 is 0 Å². The standard InChI is InChI=1S/C25H14Cl2N2O4/c1-12-19(22(29-33-12)21-16(26)9-5-10-17(21)27)25(32)28-18-11-4-8-15-20(18)24(31)14-7-3-2-6-13(14)23(15)30/h2-11H,1H3,(H,28,32). The average molecular weight is 477 g/mol. The normalized spacial score (nSPS) is 12.3. The summed E-state index contributed by atoms with van der Waals surface area (Å²) >= 11 is 12.6. The molecule has 8 heteroatoms. The molecule has 1 aromatic heterocycles. The van der Waals surface area contributed by atoms with E-state index in [0.717, 1.165) is 0 Å². The van der Waals surface area contributed by atoms with E-state index in [-0.39, 0.29) is 45.4 Å². The summed E-state index contributed by atoms with van der Waals surface area (Å²) in [6, 6.07) is 16.3. The van der Waals surface area contributed by atoms with Crippen molar-refractivity contribution in [3.05, 3.63) is 104 Å². The van der Waals surface area contributed by atoms with Crippen LogP contribution in [0.4, 0.5) is 5.69 Å².